The van der Waals surface area contributed by atoms with Crippen molar-refractivity contribution in [1.82, 2.24) is 0 Å². The fourth-order valence-corrected chi connectivity index (χ4v) is 0.749. The van der Waals surface area contributed by atoms with Gasteiger partial charge in [0, 0.05) is 19.4 Å². The molecule has 0 spiro atoms. The summed E-state index contributed by atoms with van der Waals surface area (Å²) in [4.78, 5) is 21.4. The highest BCUT2D eigenvalue weighted by atomic mass is 16.6. The van der Waals surface area contributed by atoms with Crippen molar-refractivity contribution in [2.24, 2.45) is 0 Å². The van der Waals surface area contributed by atoms with Crippen LogP contribution in [0.1, 0.15) is 62.0 Å². The molecule has 4 heteroatoms. The monoisotopic (exact) mass is 234 g/mol. The average Bonchev–Trinajstić information content (AvgIpc) is 2.16. The van der Waals surface area contributed by atoms with E-state index in [4.69, 9.17) is 7.85 Å². The smallest absolute Gasteiger partial charge is 0.313 e. The van der Waals surface area contributed by atoms with E-state index in [0.29, 0.717) is 19.3 Å². The number of carbonyl (C=O) groups is 2. The van der Waals surface area contributed by atoms with Gasteiger partial charge in [-0.05, 0) is 19.3 Å². The Labute approximate surface area is 101 Å². The van der Waals surface area contributed by atoms with Crippen LogP contribution in [0.25, 0.3) is 0 Å². The quantitative estimate of drug-likeness (QED) is 0.566. The highest BCUT2D eigenvalue weighted by molar-refractivity contribution is 5.85. The van der Waals surface area contributed by atoms with Gasteiger partial charge in [-0.3, -0.25) is 9.59 Å². The molecule has 0 fully saturated rings. The van der Waals surface area contributed by atoms with E-state index in [1.807, 2.05) is 20.8 Å². The molecule has 0 saturated heterocycles. The zero-order valence-corrected chi connectivity index (χ0v) is 10.4. The van der Waals surface area contributed by atoms with Crippen LogP contribution >= 0.6 is 0 Å². The Morgan fingerprint density at radius 2 is 1.50 bits per heavy atom. The molecule has 0 bridgehead atoms. The number of ether oxygens (including phenoxy) is 1. The minimum atomic E-state index is -1.95. The molecule has 96 valence electrons. The van der Waals surface area contributed by atoms with E-state index in [1.165, 1.54) is 0 Å². The van der Waals surface area contributed by atoms with Gasteiger partial charge in [-0.2, -0.15) is 0 Å². The van der Waals surface area contributed by atoms with E-state index in [9.17, 15) is 9.59 Å². The van der Waals surface area contributed by atoms with E-state index < -0.39 is 18.5 Å². The molecule has 1 N–H and O–H groups in total. The molecule has 16 heavy (non-hydrogen) atoms. The third kappa shape index (κ3) is 15.6. The first-order chi connectivity index (χ1) is 8.26. The lowest BCUT2D eigenvalue weighted by molar-refractivity contribution is -0.159. The molecular weight excluding hydrogens is 208 g/mol. The zero-order chi connectivity index (χ0) is 14.6. The molecule has 0 amide bonds. The third-order valence-electron chi connectivity index (χ3n) is 1.50. The molecule has 0 aromatic rings. The maximum Gasteiger partial charge on any atom is 0.313 e. The Morgan fingerprint density at radius 1 is 1.06 bits per heavy atom. The van der Waals surface area contributed by atoms with Crippen molar-refractivity contribution in [3.8, 4) is 0 Å². The van der Waals surface area contributed by atoms with Crippen LogP contribution in [0.3, 0.4) is 0 Å². The summed E-state index contributed by atoms with van der Waals surface area (Å²) >= 11 is 0. The Morgan fingerprint density at radius 3 is 1.69 bits per heavy atom. The first-order valence-electron chi connectivity index (χ1n) is 6.72. The predicted octanol–water partition coefficient (Wildman–Crippen LogP) is 2.44. The summed E-state index contributed by atoms with van der Waals surface area (Å²) in [6.45, 7) is 3.61. The van der Waals surface area contributed by atoms with Gasteiger partial charge in [0.15, 0.2) is 0 Å². The Bertz CT molecular complexity index is 221. The SMILES string of the molecule is CCCC(=O)OC(=O)CCC.[2H]C([2H])(O)CCC. The summed E-state index contributed by atoms with van der Waals surface area (Å²) in [7, 11) is 0. The maximum absolute atomic E-state index is 10.7. The minimum absolute atomic E-state index is 0.229. The highest BCUT2D eigenvalue weighted by Gasteiger charge is 2.06. The van der Waals surface area contributed by atoms with Crippen molar-refractivity contribution >= 4 is 11.9 Å². The number of esters is 2. The van der Waals surface area contributed by atoms with Gasteiger partial charge in [-0.15, -0.1) is 0 Å². The van der Waals surface area contributed by atoms with Crippen LogP contribution in [-0.4, -0.2) is 23.6 Å². The summed E-state index contributed by atoms with van der Waals surface area (Å²) in [6, 6.07) is 0. The first-order valence-corrected chi connectivity index (χ1v) is 5.72. The second-order valence-electron chi connectivity index (χ2n) is 3.25. The number of aliphatic hydroxyl groups is 1. The molecule has 0 heterocycles. The van der Waals surface area contributed by atoms with E-state index in [2.05, 4.69) is 4.74 Å². The lowest BCUT2D eigenvalue weighted by Crippen LogP contribution is -2.10. The van der Waals surface area contributed by atoms with Gasteiger partial charge >= 0.3 is 11.9 Å². The second kappa shape index (κ2) is 14.1. The van der Waals surface area contributed by atoms with Gasteiger partial charge < -0.3 is 9.84 Å². The molecule has 0 aliphatic heterocycles. The summed E-state index contributed by atoms with van der Waals surface area (Å²) in [5.41, 5.74) is 0. The number of rotatable bonds is 6. The van der Waals surface area contributed by atoms with Gasteiger partial charge in [-0.25, -0.2) is 0 Å². The predicted molar refractivity (Wildman–Crippen MR) is 62.9 cm³/mol. The number of hydrogen-bond donors (Lipinski definition) is 1. The summed E-state index contributed by atoms with van der Waals surface area (Å²) < 4.78 is 17.6. The van der Waals surface area contributed by atoms with E-state index in [0.717, 1.165) is 12.8 Å². The molecular formula is C12H24O4. The van der Waals surface area contributed by atoms with E-state index >= 15 is 0 Å². The van der Waals surface area contributed by atoms with Crippen LogP contribution in [0, 0.1) is 0 Å². The standard InChI is InChI=1S/C8H14O3.C4H10O/c1-3-5-7(9)11-8(10)6-4-2;1-2-3-4-5/h3-6H2,1-2H3;5H,2-4H2,1H3/i;4D2. The molecule has 4 nitrogen and oxygen atoms in total. The molecule has 0 atom stereocenters. The second-order valence-corrected chi connectivity index (χ2v) is 3.25. The fourth-order valence-electron chi connectivity index (χ4n) is 0.749. The zero-order valence-electron chi connectivity index (χ0n) is 12.4. The molecule has 0 unspecified atom stereocenters. The molecule has 0 rings (SSSR count). The van der Waals surface area contributed by atoms with Gasteiger partial charge in [0.25, 0.3) is 0 Å². The lowest BCUT2D eigenvalue weighted by Gasteiger charge is -1.98. The fraction of sp³-hybridized carbons (Fsp3) is 0.833. The van der Waals surface area contributed by atoms with Gasteiger partial charge in [0.2, 0.25) is 0 Å². The maximum atomic E-state index is 10.7. The molecule has 0 aliphatic rings. The number of hydrogen-bond acceptors (Lipinski definition) is 4. The minimum Gasteiger partial charge on any atom is -0.396 e. The Hall–Kier alpha value is -0.900. The largest absolute Gasteiger partial charge is 0.396 e. The van der Waals surface area contributed by atoms with E-state index in [1.54, 1.807) is 0 Å². The van der Waals surface area contributed by atoms with E-state index in [-0.39, 0.29) is 6.42 Å². The van der Waals surface area contributed by atoms with Crippen molar-refractivity contribution < 1.29 is 22.2 Å². The topological polar surface area (TPSA) is 63.6 Å². The van der Waals surface area contributed by atoms with Gasteiger partial charge in [0.1, 0.15) is 0 Å². The van der Waals surface area contributed by atoms with Crippen LogP contribution in [0.4, 0.5) is 0 Å². The highest BCUT2D eigenvalue weighted by Crippen LogP contribution is 1.95. The van der Waals surface area contributed by atoms with Crippen LogP contribution in [0.2, 0.25) is 0 Å². The molecule has 0 radical (unpaired) electrons. The number of carbonyl (C=O) groups excluding carboxylic acids is 2. The van der Waals surface area contributed by atoms with Crippen LogP contribution in [0.15, 0.2) is 0 Å². The average molecular weight is 234 g/mol. The van der Waals surface area contributed by atoms with Crippen molar-refractivity contribution in [2.45, 2.75) is 59.3 Å². The van der Waals surface area contributed by atoms with Crippen molar-refractivity contribution in [1.29, 1.82) is 0 Å². The summed E-state index contributed by atoms with van der Waals surface area (Å²) in [6.07, 6.45) is 3.01. The Balaban J connectivity index is 0. The molecule has 0 aromatic heterocycles. The molecule has 0 saturated carbocycles. The van der Waals surface area contributed by atoms with Crippen LogP contribution in [-0.2, 0) is 14.3 Å². The van der Waals surface area contributed by atoms with Crippen molar-refractivity contribution in [2.75, 3.05) is 6.56 Å². The van der Waals surface area contributed by atoms with Gasteiger partial charge in [0.05, 0.1) is 2.74 Å². The van der Waals surface area contributed by atoms with Crippen molar-refractivity contribution in [3.63, 3.8) is 0 Å². The van der Waals surface area contributed by atoms with Crippen LogP contribution < -0.4 is 0 Å². The summed E-state index contributed by atoms with van der Waals surface area (Å²) in [5, 5.41) is 8.35. The molecule has 0 aromatic carbocycles. The normalized spacial score (nSPS) is 11.8. The molecule has 0 aliphatic carbocycles. The van der Waals surface area contributed by atoms with Crippen molar-refractivity contribution in [3.05, 3.63) is 0 Å². The van der Waals surface area contributed by atoms with Crippen LogP contribution in [0.5, 0.6) is 0 Å². The van der Waals surface area contributed by atoms with Gasteiger partial charge in [-0.1, -0.05) is 27.2 Å². The lowest BCUT2D eigenvalue weighted by atomic mass is 10.3. The summed E-state index contributed by atoms with van der Waals surface area (Å²) in [5.74, 6) is -0.822. The Kier molecular flexibility index (Phi) is 11.6. The first kappa shape index (κ1) is 13.2. The third-order valence-corrected chi connectivity index (χ3v) is 1.50.